The van der Waals surface area contributed by atoms with Crippen molar-refractivity contribution in [2.75, 3.05) is 12.4 Å². The van der Waals surface area contributed by atoms with Crippen LogP contribution in [-0.4, -0.2) is 33.3 Å². The summed E-state index contributed by atoms with van der Waals surface area (Å²) in [5.41, 5.74) is 2.72. The van der Waals surface area contributed by atoms with E-state index in [1.165, 1.54) is 18.0 Å². The Morgan fingerprint density at radius 3 is 2.80 bits per heavy atom. The van der Waals surface area contributed by atoms with Crippen molar-refractivity contribution in [3.63, 3.8) is 0 Å². The van der Waals surface area contributed by atoms with Gasteiger partial charge >= 0.3 is 0 Å². The number of nitrogens with zero attached hydrogens (tertiary/aromatic N) is 3. The van der Waals surface area contributed by atoms with Crippen LogP contribution in [0.15, 0.2) is 54.2 Å². The van der Waals surface area contributed by atoms with Gasteiger partial charge in [0.1, 0.15) is 5.82 Å². The van der Waals surface area contributed by atoms with Gasteiger partial charge in [-0.05, 0) is 25.1 Å². The van der Waals surface area contributed by atoms with Gasteiger partial charge in [-0.25, -0.2) is 9.98 Å². The molecule has 1 aliphatic rings. The predicted octanol–water partition coefficient (Wildman–Crippen LogP) is 4.40. The van der Waals surface area contributed by atoms with Gasteiger partial charge in [-0.15, -0.1) is 0 Å². The van der Waals surface area contributed by atoms with Crippen molar-refractivity contribution in [2.24, 2.45) is 4.99 Å². The minimum Gasteiger partial charge on any atom is -0.324 e. The first-order valence-electron chi connectivity index (χ1n) is 7.65. The Bertz CT molecular complexity index is 850. The van der Waals surface area contributed by atoms with Crippen LogP contribution in [0.1, 0.15) is 12.5 Å². The lowest BCUT2D eigenvalue weighted by Crippen LogP contribution is -2.30. The normalized spacial score (nSPS) is 14.6. The fraction of sp³-hybridized carbons (Fsp3) is 0.167. The average Bonchev–Trinajstić information content (AvgIpc) is 2.61. The summed E-state index contributed by atoms with van der Waals surface area (Å²) in [5.74, 6) is 0.316. The summed E-state index contributed by atoms with van der Waals surface area (Å²) in [7, 11) is 1.90. The van der Waals surface area contributed by atoms with Crippen molar-refractivity contribution in [2.45, 2.75) is 12.2 Å². The van der Waals surface area contributed by atoms with Crippen LogP contribution >= 0.6 is 23.4 Å². The minimum atomic E-state index is -0.350. The number of aromatic nitrogens is 1. The quantitative estimate of drug-likeness (QED) is 0.867. The fourth-order valence-corrected chi connectivity index (χ4v) is 3.30. The van der Waals surface area contributed by atoms with Crippen LogP contribution in [0.4, 0.5) is 11.5 Å². The van der Waals surface area contributed by atoms with Crippen LogP contribution in [0.5, 0.6) is 0 Å². The van der Waals surface area contributed by atoms with E-state index in [1.807, 2.05) is 43.1 Å². The van der Waals surface area contributed by atoms with Gasteiger partial charge in [0, 0.05) is 24.5 Å². The first-order chi connectivity index (χ1) is 12.0. The number of amides is 1. The van der Waals surface area contributed by atoms with Crippen molar-refractivity contribution in [3.05, 3.63) is 59.8 Å². The molecule has 1 amide bonds. The molecule has 0 fully saturated rings. The smallest absolute Gasteiger partial charge is 0.238 e. The lowest BCUT2D eigenvalue weighted by atomic mass is 10.1. The number of thioether (sulfide) groups is 1. The molecule has 0 spiro atoms. The Morgan fingerprint density at radius 2 is 2.08 bits per heavy atom. The molecule has 0 saturated carbocycles. The number of rotatable bonds is 3. The fourth-order valence-electron chi connectivity index (χ4n) is 2.28. The molecular formula is C18H17ClN4OS. The van der Waals surface area contributed by atoms with Crippen LogP contribution < -0.4 is 5.32 Å². The summed E-state index contributed by atoms with van der Waals surface area (Å²) in [4.78, 5) is 23.0. The number of anilines is 1. The second kappa shape index (κ2) is 7.29. The van der Waals surface area contributed by atoms with Crippen LogP contribution in [-0.2, 0) is 4.79 Å². The number of halogens is 1. The van der Waals surface area contributed by atoms with Gasteiger partial charge in [-0.1, -0.05) is 48.1 Å². The van der Waals surface area contributed by atoms with Gasteiger partial charge in [0.15, 0.2) is 5.17 Å². The molecule has 1 aromatic carbocycles. The third-order valence-corrected chi connectivity index (χ3v) is 5.12. The third-order valence-electron chi connectivity index (χ3n) is 3.75. The van der Waals surface area contributed by atoms with E-state index in [0.29, 0.717) is 10.8 Å². The number of amidine groups is 1. The molecule has 5 nitrogen and oxygen atoms in total. The monoisotopic (exact) mass is 372 g/mol. The molecule has 7 heteroatoms. The summed E-state index contributed by atoms with van der Waals surface area (Å²) in [5, 5.41) is 3.68. The summed E-state index contributed by atoms with van der Waals surface area (Å²) in [6, 6.07) is 11.2. The average molecular weight is 373 g/mol. The first-order valence-corrected chi connectivity index (χ1v) is 8.91. The van der Waals surface area contributed by atoms with Crippen LogP contribution in [0.25, 0.3) is 5.70 Å². The molecule has 128 valence electrons. The van der Waals surface area contributed by atoms with Crippen LogP contribution in [0, 0.1) is 0 Å². The third kappa shape index (κ3) is 3.86. The summed E-state index contributed by atoms with van der Waals surface area (Å²) < 4.78 is 0. The van der Waals surface area contributed by atoms with Gasteiger partial charge in [-0.2, -0.15) is 0 Å². The highest BCUT2D eigenvalue weighted by atomic mass is 35.5. The second-order valence-electron chi connectivity index (χ2n) is 5.53. The summed E-state index contributed by atoms with van der Waals surface area (Å²) >= 11 is 7.18. The Kier molecular flexibility index (Phi) is 5.11. The van der Waals surface area contributed by atoms with E-state index in [-0.39, 0.29) is 11.2 Å². The molecule has 1 atom stereocenters. The molecule has 1 N–H and O–H groups in total. The largest absolute Gasteiger partial charge is 0.324 e. The Hall–Kier alpha value is -2.31. The second-order valence-corrected chi connectivity index (χ2v) is 7.27. The van der Waals surface area contributed by atoms with Crippen molar-refractivity contribution in [3.8, 4) is 0 Å². The van der Waals surface area contributed by atoms with Gasteiger partial charge in [0.2, 0.25) is 5.91 Å². The van der Waals surface area contributed by atoms with Crippen molar-refractivity contribution >= 4 is 51.6 Å². The number of carbonyl (C=O) groups excluding carboxylic acids is 1. The molecular weight excluding hydrogens is 356 g/mol. The van der Waals surface area contributed by atoms with E-state index < -0.39 is 0 Å². The number of benzene rings is 1. The van der Waals surface area contributed by atoms with E-state index in [0.717, 1.165) is 22.1 Å². The molecule has 2 heterocycles. The number of nitrogens with one attached hydrogen (secondary N) is 1. The number of hydrogen-bond donors (Lipinski definition) is 1. The number of fused-ring (bicyclic) bond motifs is 1. The van der Waals surface area contributed by atoms with Gasteiger partial charge in [0.25, 0.3) is 0 Å². The highest BCUT2D eigenvalue weighted by molar-refractivity contribution is 8.14. The topological polar surface area (TPSA) is 57.6 Å². The predicted molar refractivity (Wildman–Crippen MR) is 105 cm³/mol. The number of aliphatic imine (C=N–C) groups is 1. The van der Waals surface area contributed by atoms with E-state index in [2.05, 4.69) is 21.9 Å². The minimum absolute atomic E-state index is 0.152. The standard InChI is InChI=1S/C18H17ClN4OS/c1-11-14-6-4-5-7-15(14)21-18(23(11)3)25-12(2)17(24)22-16-9-8-13(19)10-20-16/h4-10,12H,1H2,2-3H3,(H,20,22,24)/t12-/m0/s1. The Labute approximate surface area is 155 Å². The molecule has 1 aliphatic heterocycles. The Balaban J connectivity index is 1.73. The van der Waals surface area contributed by atoms with Crippen LogP contribution in [0.2, 0.25) is 5.02 Å². The van der Waals surface area contributed by atoms with E-state index in [9.17, 15) is 4.79 Å². The molecule has 0 radical (unpaired) electrons. The number of hydrogen-bond acceptors (Lipinski definition) is 5. The summed E-state index contributed by atoms with van der Waals surface area (Å²) in [6.07, 6.45) is 1.49. The highest BCUT2D eigenvalue weighted by Crippen LogP contribution is 2.35. The zero-order valence-electron chi connectivity index (χ0n) is 13.9. The van der Waals surface area contributed by atoms with Gasteiger partial charge in [0.05, 0.1) is 16.0 Å². The maximum absolute atomic E-state index is 12.4. The zero-order valence-corrected chi connectivity index (χ0v) is 15.4. The van der Waals surface area contributed by atoms with Crippen molar-refractivity contribution in [1.82, 2.24) is 9.88 Å². The lowest BCUT2D eigenvalue weighted by molar-refractivity contribution is -0.115. The van der Waals surface area contributed by atoms with Gasteiger partial charge < -0.3 is 10.2 Å². The molecule has 3 rings (SSSR count). The van der Waals surface area contributed by atoms with Crippen LogP contribution in [0.3, 0.4) is 0 Å². The number of para-hydroxylation sites is 1. The lowest BCUT2D eigenvalue weighted by Gasteiger charge is -2.29. The molecule has 0 saturated heterocycles. The zero-order chi connectivity index (χ0) is 18.0. The van der Waals surface area contributed by atoms with E-state index in [1.54, 1.807) is 12.1 Å². The number of pyridine rings is 1. The molecule has 0 unspecified atom stereocenters. The Morgan fingerprint density at radius 1 is 1.32 bits per heavy atom. The van der Waals surface area contributed by atoms with E-state index in [4.69, 9.17) is 11.6 Å². The SMILES string of the molecule is C=C1c2ccccc2N=C(S[C@@H](C)C(=O)Nc2ccc(Cl)cn2)N1C. The first kappa shape index (κ1) is 17.5. The van der Waals surface area contributed by atoms with E-state index >= 15 is 0 Å². The molecule has 2 aromatic rings. The molecule has 1 aromatic heterocycles. The summed E-state index contributed by atoms with van der Waals surface area (Å²) in [6.45, 7) is 5.95. The van der Waals surface area contributed by atoms with Gasteiger partial charge in [-0.3, -0.25) is 4.79 Å². The molecule has 0 bridgehead atoms. The maximum atomic E-state index is 12.4. The van der Waals surface area contributed by atoms with Crippen molar-refractivity contribution < 1.29 is 4.79 Å². The maximum Gasteiger partial charge on any atom is 0.238 e. The molecule has 25 heavy (non-hydrogen) atoms. The van der Waals surface area contributed by atoms with Crippen molar-refractivity contribution in [1.29, 1.82) is 0 Å². The molecule has 0 aliphatic carbocycles. The highest BCUT2D eigenvalue weighted by Gasteiger charge is 2.25. The number of carbonyl (C=O) groups is 1.